The number of aliphatic hydroxyl groups excluding tert-OH is 1. The maximum Gasteiger partial charge on any atom is 0.282 e. The smallest absolute Gasteiger partial charge is 0.282 e. The van der Waals surface area contributed by atoms with Gasteiger partial charge >= 0.3 is 0 Å². The summed E-state index contributed by atoms with van der Waals surface area (Å²) in [6, 6.07) is 18.8. The third-order valence-corrected chi connectivity index (χ3v) is 4.97. The second-order valence-electron chi connectivity index (χ2n) is 5.57. The number of carbonyl (C=O) groups excluding carboxylic acids is 1. The highest BCUT2D eigenvalue weighted by Crippen LogP contribution is 2.28. The average molecular weight is 368 g/mol. The van der Waals surface area contributed by atoms with Crippen LogP contribution in [0.5, 0.6) is 0 Å². The van der Waals surface area contributed by atoms with Crippen molar-refractivity contribution in [3.63, 3.8) is 0 Å². The Morgan fingerprint density at radius 3 is 2.50 bits per heavy atom. The number of thiophene rings is 1. The summed E-state index contributed by atoms with van der Waals surface area (Å²) in [5.41, 5.74) is 0.597. The molecule has 6 nitrogen and oxygen atoms in total. The van der Waals surface area contributed by atoms with Gasteiger partial charge in [-0.1, -0.05) is 42.5 Å². The Hall–Kier alpha value is -3.03. The Balaban J connectivity index is 1.67. The van der Waals surface area contributed by atoms with Crippen LogP contribution in [0, 0.1) is 10.1 Å². The van der Waals surface area contributed by atoms with Gasteiger partial charge in [-0.2, -0.15) is 0 Å². The van der Waals surface area contributed by atoms with Gasteiger partial charge in [-0.3, -0.25) is 14.9 Å². The molecule has 0 spiro atoms. The van der Waals surface area contributed by atoms with Crippen LogP contribution in [0.4, 0.5) is 5.69 Å². The number of nitro groups is 1. The third kappa shape index (κ3) is 3.96. The lowest BCUT2D eigenvalue weighted by molar-refractivity contribution is -0.385. The Morgan fingerprint density at radius 1 is 1.08 bits per heavy atom. The number of para-hydroxylation sites is 1. The fourth-order valence-electron chi connectivity index (χ4n) is 2.52. The van der Waals surface area contributed by atoms with Crippen LogP contribution >= 0.6 is 11.3 Å². The summed E-state index contributed by atoms with van der Waals surface area (Å²) >= 11 is 1.38. The van der Waals surface area contributed by atoms with Gasteiger partial charge in [0.05, 0.1) is 11.5 Å². The molecular formula is C19H16N2O4S. The third-order valence-electron chi connectivity index (χ3n) is 3.84. The predicted molar refractivity (Wildman–Crippen MR) is 99.1 cm³/mol. The molecule has 7 heteroatoms. The van der Waals surface area contributed by atoms with E-state index in [1.807, 2.05) is 42.5 Å². The van der Waals surface area contributed by atoms with Crippen molar-refractivity contribution in [2.24, 2.45) is 0 Å². The minimum atomic E-state index is -0.721. The van der Waals surface area contributed by atoms with Crippen LogP contribution < -0.4 is 5.32 Å². The normalized spacial score (nSPS) is 11.7. The minimum absolute atomic E-state index is 0.0265. The summed E-state index contributed by atoms with van der Waals surface area (Å²) in [5.74, 6) is -0.504. The first-order chi connectivity index (χ1) is 12.6. The van der Waals surface area contributed by atoms with E-state index < -0.39 is 16.9 Å². The molecule has 0 fully saturated rings. The summed E-state index contributed by atoms with van der Waals surface area (Å²) in [7, 11) is 0. The molecule has 0 aliphatic heterocycles. The largest absolute Gasteiger partial charge is 0.383 e. The van der Waals surface area contributed by atoms with E-state index >= 15 is 0 Å². The summed E-state index contributed by atoms with van der Waals surface area (Å²) in [6.45, 7) is 0.233. The van der Waals surface area contributed by atoms with E-state index in [2.05, 4.69) is 5.32 Å². The summed E-state index contributed by atoms with van der Waals surface area (Å²) < 4.78 is 0. The van der Waals surface area contributed by atoms with E-state index in [1.54, 1.807) is 6.07 Å². The molecule has 0 aliphatic carbocycles. The molecule has 3 aromatic rings. The molecular weight excluding hydrogens is 352 g/mol. The lowest BCUT2D eigenvalue weighted by atomic mass is 10.1. The van der Waals surface area contributed by atoms with Crippen molar-refractivity contribution in [2.45, 2.75) is 12.6 Å². The molecule has 132 valence electrons. The van der Waals surface area contributed by atoms with Crippen LogP contribution in [-0.2, 0) is 6.54 Å². The van der Waals surface area contributed by atoms with Crippen molar-refractivity contribution in [1.82, 2.24) is 5.32 Å². The second kappa shape index (κ2) is 7.90. The van der Waals surface area contributed by atoms with Crippen LogP contribution in [0.25, 0.3) is 0 Å². The first-order valence-corrected chi connectivity index (χ1v) is 8.71. The average Bonchev–Trinajstić information content (AvgIpc) is 3.15. The number of carbonyl (C=O) groups is 1. The Kier molecular flexibility index (Phi) is 5.40. The van der Waals surface area contributed by atoms with Gasteiger partial charge in [0, 0.05) is 15.8 Å². The maximum absolute atomic E-state index is 12.2. The Bertz CT molecular complexity index is 924. The van der Waals surface area contributed by atoms with E-state index in [0.29, 0.717) is 0 Å². The van der Waals surface area contributed by atoms with Crippen LogP contribution in [0.1, 0.15) is 31.8 Å². The van der Waals surface area contributed by atoms with E-state index in [0.717, 1.165) is 15.3 Å². The van der Waals surface area contributed by atoms with E-state index in [9.17, 15) is 20.0 Å². The molecule has 0 saturated carbocycles. The van der Waals surface area contributed by atoms with E-state index in [-0.39, 0.29) is 17.8 Å². The van der Waals surface area contributed by atoms with Gasteiger partial charge in [0.25, 0.3) is 11.6 Å². The number of hydrogen-bond donors (Lipinski definition) is 2. The number of benzene rings is 2. The maximum atomic E-state index is 12.2. The standard InChI is InChI=1S/C19H16N2O4S/c22-18(13-6-2-1-3-7-13)17-11-10-14(26-17)12-20-19(23)15-8-4-5-9-16(15)21(24)25/h1-11,18,22H,12H2,(H,20,23). The number of nitro benzene ring substituents is 1. The molecule has 0 aliphatic rings. The second-order valence-corrected chi connectivity index (χ2v) is 6.77. The summed E-state index contributed by atoms with van der Waals surface area (Å²) in [6.07, 6.45) is -0.721. The van der Waals surface area contributed by atoms with Gasteiger partial charge in [-0.15, -0.1) is 11.3 Å². The van der Waals surface area contributed by atoms with Crippen molar-refractivity contribution in [3.05, 3.63) is 97.7 Å². The number of aliphatic hydroxyl groups is 1. The molecule has 2 aromatic carbocycles. The van der Waals surface area contributed by atoms with Crippen molar-refractivity contribution in [2.75, 3.05) is 0 Å². The highest BCUT2D eigenvalue weighted by atomic mass is 32.1. The van der Waals surface area contributed by atoms with Crippen LogP contribution in [0.3, 0.4) is 0 Å². The quantitative estimate of drug-likeness (QED) is 0.513. The van der Waals surface area contributed by atoms with Crippen LogP contribution in [0.15, 0.2) is 66.7 Å². The summed E-state index contributed by atoms with van der Waals surface area (Å²) in [4.78, 5) is 24.3. The van der Waals surface area contributed by atoms with Crippen LogP contribution in [0.2, 0.25) is 0 Å². The molecule has 1 aromatic heterocycles. The van der Waals surface area contributed by atoms with Crippen molar-refractivity contribution in [1.29, 1.82) is 0 Å². The lowest BCUT2D eigenvalue weighted by Crippen LogP contribution is -2.23. The highest BCUT2D eigenvalue weighted by molar-refractivity contribution is 7.12. The molecule has 1 amide bonds. The predicted octanol–water partition coefficient (Wildman–Crippen LogP) is 3.67. The first kappa shape index (κ1) is 17.8. The number of amides is 1. The number of nitrogens with one attached hydrogen (secondary N) is 1. The van der Waals surface area contributed by atoms with Crippen LogP contribution in [-0.4, -0.2) is 15.9 Å². The van der Waals surface area contributed by atoms with Gasteiger partial charge in [0.15, 0.2) is 0 Å². The van der Waals surface area contributed by atoms with Gasteiger partial charge in [-0.25, -0.2) is 0 Å². The monoisotopic (exact) mass is 368 g/mol. The summed E-state index contributed by atoms with van der Waals surface area (Å²) in [5, 5.41) is 24.1. The Labute approximate surface area is 153 Å². The molecule has 0 bridgehead atoms. The van der Waals surface area contributed by atoms with Gasteiger partial charge in [0.1, 0.15) is 11.7 Å². The first-order valence-electron chi connectivity index (χ1n) is 7.89. The lowest BCUT2D eigenvalue weighted by Gasteiger charge is -2.08. The molecule has 1 heterocycles. The highest BCUT2D eigenvalue weighted by Gasteiger charge is 2.19. The number of hydrogen-bond acceptors (Lipinski definition) is 5. The molecule has 3 rings (SSSR count). The zero-order chi connectivity index (χ0) is 18.5. The fourth-order valence-corrected chi connectivity index (χ4v) is 3.49. The molecule has 2 N–H and O–H groups in total. The van der Waals surface area contributed by atoms with Gasteiger partial charge in [-0.05, 0) is 23.8 Å². The van der Waals surface area contributed by atoms with Crippen molar-refractivity contribution in [3.8, 4) is 0 Å². The topological polar surface area (TPSA) is 92.5 Å². The van der Waals surface area contributed by atoms with E-state index in [4.69, 9.17) is 0 Å². The number of rotatable bonds is 6. The zero-order valence-corrected chi connectivity index (χ0v) is 14.5. The zero-order valence-electron chi connectivity index (χ0n) is 13.7. The Morgan fingerprint density at radius 2 is 1.77 bits per heavy atom. The fraction of sp³-hybridized carbons (Fsp3) is 0.105. The van der Waals surface area contributed by atoms with Gasteiger partial charge < -0.3 is 10.4 Å². The molecule has 26 heavy (non-hydrogen) atoms. The number of nitrogens with zero attached hydrogens (tertiary/aromatic N) is 1. The van der Waals surface area contributed by atoms with E-state index in [1.165, 1.54) is 29.5 Å². The van der Waals surface area contributed by atoms with Gasteiger partial charge in [0.2, 0.25) is 0 Å². The van der Waals surface area contributed by atoms with Crippen molar-refractivity contribution >= 4 is 22.9 Å². The molecule has 0 saturated heterocycles. The minimum Gasteiger partial charge on any atom is -0.383 e. The molecule has 1 atom stereocenters. The van der Waals surface area contributed by atoms with Crippen molar-refractivity contribution < 1.29 is 14.8 Å². The molecule has 1 unspecified atom stereocenters. The molecule has 0 radical (unpaired) electrons. The SMILES string of the molecule is O=C(NCc1ccc(C(O)c2ccccc2)s1)c1ccccc1[N+](=O)[O-].